The van der Waals surface area contributed by atoms with Gasteiger partial charge in [-0.1, -0.05) is 0 Å². The van der Waals surface area contributed by atoms with Crippen molar-refractivity contribution in [1.82, 2.24) is 0 Å². The minimum absolute atomic E-state index is 0.214. The Hall–Kier alpha value is -1.95. The van der Waals surface area contributed by atoms with E-state index in [1.807, 2.05) is 0 Å². The Kier molecular flexibility index (Phi) is 5.61. The number of carbonyl (C=O) groups excluding carboxylic acids is 1. The molecule has 0 saturated heterocycles. The molecule has 0 radical (unpaired) electrons. The SMILES string of the molecule is CC(=O)[O][Pb]([c]1ccc(C)cc1)([c]1ccc(C)cc1)[c]1ccc(C)cc1. The Morgan fingerprint density at radius 3 is 1.12 bits per heavy atom. The molecule has 3 heteroatoms. The van der Waals surface area contributed by atoms with E-state index in [0.29, 0.717) is 0 Å². The van der Waals surface area contributed by atoms with Gasteiger partial charge in [0.2, 0.25) is 0 Å². The molecule has 0 atom stereocenters. The zero-order valence-electron chi connectivity index (χ0n) is 15.7. The fourth-order valence-electron chi connectivity index (χ4n) is 3.26. The number of rotatable bonds is 4. The van der Waals surface area contributed by atoms with Crippen molar-refractivity contribution in [3.63, 3.8) is 0 Å². The molecule has 2 nitrogen and oxygen atoms in total. The summed E-state index contributed by atoms with van der Waals surface area (Å²) < 4.78 is 9.77. The van der Waals surface area contributed by atoms with Crippen LogP contribution in [0.1, 0.15) is 23.6 Å². The minimum atomic E-state index is -4.07. The topological polar surface area (TPSA) is 26.3 Å². The van der Waals surface area contributed by atoms with Crippen molar-refractivity contribution in [1.29, 1.82) is 0 Å². The maximum absolute atomic E-state index is 12.2. The maximum atomic E-state index is 12.2. The van der Waals surface area contributed by atoms with Gasteiger partial charge in [0.15, 0.2) is 0 Å². The molecule has 26 heavy (non-hydrogen) atoms. The van der Waals surface area contributed by atoms with Gasteiger partial charge in [0.05, 0.1) is 0 Å². The third-order valence-corrected chi connectivity index (χ3v) is 20.3. The number of hydrogen-bond donors (Lipinski definition) is 0. The van der Waals surface area contributed by atoms with E-state index in [4.69, 9.17) is 2.69 Å². The average molecular weight is 540 g/mol. The van der Waals surface area contributed by atoms with E-state index in [2.05, 4.69) is 93.6 Å². The van der Waals surface area contributed by atoms with Gasteiger partial charge in [-0.3, -0.25) is 0 Å². The molecule has 0 aromatic heterocycles. The summed E-state index contributed by atoms with van der Waals surface area (Å²) in [6.07, 6.45) is 0. The normalized spacial score (nSPS) is 11.2. The van der Waals surface area contributed by atoms with E-state index in [1.165, 1.54) is 23.6 Å². The fraction of sp³-hybridized carbons (Fsp3) is 0.174. The van der Waals surface area contributed by atoms with Gasteiger partial charge in [-0.25, -0.2) is 0 Å². The average Bonchev–Trinajstić information content (AvgIpc) is 2.62. The monoisotopic (exact) mass is 540 g/mol. The van der Waals surface area contributed by atoms with Crippen LogP contribution >= 0.6 is 0 Å². The number of aryl methyl sites for hydroxylation is 3. The molecule has 0 spiro atoms. The van der Waals surface area contributed by atoms with Crippen LogP contribution in [0, 0.1) is 20.8 Å². The van der Waals surface area contributed by atoms with Crippen molar-refractivity contribution in [2.45, 2.75) is 27.7 Å². The number of carbonyl (C=O) groups is 1. The summed E-state index contributed by atoms with van der Waals surface area (Å²) in [5.41, 5.74) is 3.60. The van der Waals surface area contributed by atoms with Gasteiger partial charge < -0.3 is 0 Å². The number of benzene rings is 3. The standard InChI is InChI=1S/3C7H7.C2H4O2.Pb/c3*1-7-5-3-2-4-6-7;1-2(3)4;/h3*3-6H,1H3;1H3,(H,3,4);/q;;;;+1/p-1. The molecule has 3 aromatic rings. The van der Waals surface area contributed by atoms with Crippen molar-refractivity contribution in [3.05, 3.63) is 89.5 Å². The Morgan fingerprint density at radius 1 is 0.615 bits per heavy atom. The van der Waals surface area contributed by atoms with Crippen LogP contribution in [0.2, 0.25) is 0 Å². The predicted molar refractivity (Wildman–Crippen MR) is 110 cm³/mol. The quantitative estimate of drug-likeness (QED) is 0.477. The Bertz CT molecular complexity index is 784. The second-order valence-electron chi connectivity index (χ2n) is 6.87. The summed E-state index contributed by atoms with van der Waals surface area (Å²) in [7, 11) is 0. The number of hydrogen-bond acceptors (Lipinski definition) is 2. The first kappa shape index (κ1) is 18.8. The van der Waals surface area contributed by atoms with Gasteiger partial charge in [-0.05, 0) is 0 Å². The van der Waals surface area contributed by atoms with Crippen LogP contribution in [0.25, 0.3) is 0 Å². The van der Waals surface area contributed by atoms with Gasteiger partial charge in [-0.2, -0.15) is 0 Å². The molecule has 0 aliphatic carbocycles. The molecule has 0 saturated carbocycles. The Labute approximate surface area is 161 Å². The molecule has 0 heterocycles. The third-order valence-electron chi connectivity index (χ3n) is 4.67. The molecular formula is C23H24O2Pb. The molecule has 0 N–H and O–H groups in total. The predicted octanol–water partition coefficient (Wildman–Crippen LogP) is 3.14. The van der Waals surface area contributed by atoms with Crippen LogP contribution in [0.4, 0.5) is 0 Å². The molecule has 3 rings (SSSR count). The van der Waals surface area contributed by atoms with E-state index in [0.717, 1.165) is 9.37 Å². The molecular weight excluding hydrogens is 515 g/mol. The van der Waals surface area contributed by atoms with Crippen LogP contribution in [-0.4, -0.2) is 27.6 Å². The molecule has 0 amide bonds. The van der Waals surface area contributed by atoms with Gasteiger partial charge in [0, 0.05) is 0 Å². The third kappa shape index (κ3) is 3.75. The van der Waals surface area contributed by atoms with Crippen LogP contribution < -0.4 is 9.37 Å². The summed E-state index contributed by atoms with van der Waals surface area (Å²) >= 11 is -4.07. The molecule has 0 bridgehead atoms. The molecule has 0 aliphatic rings. The van der Waals surface area contributed by atoms with Crippen LogP contribution in [-0.2, 0) is 7.48 Å². The van der Waals surface area contributed by atoms with Crippen LogP contribution in [0.3, 0.4) is 0 Å². The van der Waals surface area contributed by atoms with Crippen molar-refractivity contribution in [3.8, 4) is 0 Å². The van der Waals surface area contributed by atoms with Gasteiger partial charge in [-0.15, -0.1) is 0 Å². The van der Waals surface area contributed by atoms with Crippen LogP contribution in [0.5, 0.6) is 0 Å². The summed E-state index contributed by atoms with van der Waals surface area (Å²) in [6.45, 7) is 7.75. The van der Waals surface area contributed by atoms with Crippen LogP contribution in [0.15, 0.2) is 72.8 Å². The molecule has 0 fully saturated rings. The van der Waals surface area contributed by atoms with E-state index in [1.54, 1.807) is 0 Å². The van der Waals surface area contributed by atoms with Crippen molar-refractivity contribution < 1.29 is 7.48 Å². The van der Waals surface area contributed by atoms with Gasteiger partial charge >= 0.3 is 162 Å². The second-order valence-corrected chi connectivity index (χ2v) is 19.7. The fourth-order valence-corrected chi connectivity index (χ4v) is 17.6. The Balaban J connectivity index is 2.33. The van der Waals surface area contributed by atoms with E-state index in [9.17, 15) is 4.79 Å². The molecule has 132 valence electrons. The van der Waals surface area contributed by atoms with E-state index in [-0.39, 0.29) is 5.97 Å². The first-order valence-corrected chi connectivity index (χ1v) is 16.2. The first-order chi connectivity index (χ1) is 12.4. The first-order valence-electron chi connectivity index (χ1n) is 8.83. The zero-order valence-corrected chi connectivity index (χ0v) is 19.6. The summed E-state index contributed by atoms with van der Waals surface area (Å²) in [5, 5.41) is 0. The van der Waals surface area contributed by atoms with Gasteiger partial charge in [0.1, 0.15) is 0 Å². The summed E-state index contributed by atoms with van der Waals surface area (Å²) in [5.74, 6) is -0.214. The van der Waals surface area contributed by atoms with E-state index < -0.39 is 21.6 Å². The zero-order chi connectivity index (χ0) is 18.7. The van der Waals surface area contributed by atoms with Crippen molar-refractivity contribution in [2.75, 3.05) is 0 Å². The van der Waals surface area contributed by atoms with E-state index >= 15 is 0 Å². The summed E-state index contributed by atoms with van der Waals surface area (Å²) in [4.78, 5) is 12.2. The molecule has 0 unspecified atom stereocenters. The van der Waals surface area contributed by atoms with Crippen molar-refractivity contribution in [2.24, 2.45) is 0 Å². The summed E-state index contributed by atoms with van der Waals surface area (Å²) in [6, 6.07) is 25.5. The van der Waals surface area contributed by atoms with Gasteiger partial charge in [0.25, 0.3) is 0 Å². The second kappa shape index (κ2) is 7.74. The Morgan fingerprint density at radius 2 is 0.885 bits per heavy atom. The molecule has 0 aliphatic heterocycles. The van der Waals surface area contributed by atoms with Crippen molar-refractivity contribution >= 4 is 37.0 Å². The molecule has 3 aromatic carbocycles.